The van der Waals surface area contributed by atoms with Crippen molar-refractivity contribution in [1.29, 1.82) is 0 Å². The summed E-state index contributed by atoms with van der Waals surface area (Å²) in [6, 6.07) is 4.79. The lowest BCUT2D eigenvalue weighted by Gasteiger charge is -2.12. The molecule has 0 aliphatic carbocycles. The molecule has 0 radical (unpaired) electrons. The number of nitrogens with two attached hydrogens (primary N) is 1. The second-order valence-corrected chi connectivity index (χ2v) is 4.83. The van der Waals surface area contributed by atoms with Gasteiger partial charge < -0.3 is 11.1 Å². The second-order valence-electron chi connectivity index (χ2n) is 3.51. The van der Waals surface area contributed by atoms with E-state index in [-0.39, 0.29) is 5.91 Å². The van der Waals surface area contributed by atoms with Gasteiger partial charge in [0.05, 0.1) is 16.8 Å². The highest BCUT2D eigenvalue weighted by Crippen LogP contribution is 2.25. The number of carbonyl (C=O) groups excluding carboxylic acids is 1. The normalized spacial score (nSPS) is 12.2. The summed E-state index contributed by atoms with van der Waals surface area (Å²) >= 11 is 9.26. The van der Waals surface area contributed by atoms with Crippen molar-refractivity contribution < 1.29 is 4.79 Å². The number of amides is 1. The molecule has 3 N–H and O–H groups in total. The van der Waals surface area contributed by atoms with E-state index in [2.05, 4.69) is 21.2 Å². The number of benzene rings is 1. The number of nitrogens with one attached hydrogen (secondary N) is 1. The molecule has 1 amide bonds. The Morgan fingerprint density at radius 1 is 1.62 bits per heavy atom. The van der Waals surface area contributed by atoms with Gasteiger partial charge in [-0.2, -0.15) is 0 Å². The van der Waals surface area contributed by atoms with Gasteiger partial charge in [-0.05, 0) is 24.6 Å². The van der Waals surface area contributed by atoms with Crippen LogP contribution in [0, 0.1) is 0 Å². The minimum atomic E-state index is -0.482. The van der Waals surface area contributed by atoms with Crippen LogP contribution in [0.25, 0.3) is 0 Å². The fourth-order valence-corrected chi connectivity index (χ4v) is 1.98. The molecule has 1 atom stereocenters. The Kier molecular flexibility index (Phi) is 5.25. The minimum Gasteiger partial charge on any atom is -0.323 e. The molecule has 1 rings (SSSR count). The van der Waals surface area contributed by atoms with Crippen LogP contribution in [0.1, 0.15) is 19.8 Å². The molecule has 0 unspecified atom stereocenters. The fraction of sp³-hybridized carbons (Fsp3) is 0.364. The van der Waals surface area contributed by atoms with E-state index in [4.69, 9.17) is 17.3 Å². The zero-order valence-electron chi connectivity index (χ0n) is 8.97. The first-order valence-corrected chi connectivity index (χ1v) is 6.23. The van der Waals surface area contributed by atoms with Crippen LogP contribution >= 0.6 is 27.5 Å². The van der Waals surface area contributed by atoms with Crippen LogP contribution in [0.3, 0.4) is 0 Å². The monoisotopic (exact) mass is 304 g/mol. The first kappa shape index (κ1) is 13.5. The van der Waals surface area contributed by atoms with E-state index in [0.717, 1.165) is 10.9 Å². The summed E-state index contributed by atoms with van der Waals surface area (Å²) in [5.74, 6) is -0.203. The highest BCUT2D eigenvalue weighted by Gasteiger charge is 2.13. The third kappa shape index (κ3) is 3.77. The third-order valence-electron chi connectivity index (χ3n) is 2.13. The van der Waals surface area contributed by atoms with Crippen LogP contribution in [-0.4, -0.2) is 11.9 Å². The molecule has 0 spiro atoms. The second kappa shape index (κ2) is 6.23. The van der Waals surface area contributed by atoms with Crippen molar-refractivity contribution in [3.8, 4) is 0 Å². The predicted molar refractivity (Wildman–Crippen MR) is 70.7 cm³/mol. The van der Waals surface area contributed by atoms with Gasteiger partial charge in [0.1, 0.15) is 0 Å². The summed E-state index contributed by atoms with van der Waals surface area (Å²) in [5, 5.41) is 3.20. The number of anilines is 1. The number of carbonyl (C=O) groups is 1. The largest absolute Gasteiger partial charge is 0.323 e. The highest BCUT2D eigenvalue weighted by molar-refractivity contribution is 9.10. The molecule has 5 heteroatoms. The van der Waals surface area contributed by atoms with Gasteiger partial charge in [-0.15, -0.1) is 0 Å². The van der Waals surface area contributed by atoms with E-state index < -0.39 is 6.04 Å². The minimum absolute atomic E-state index is 0.203. The average Bonchev–Trinajstić information content (AvgIpc) is 2.22. The van der Waals surface area contributed by atoms with Crippen molar-refractivity contribution >= 4 is 39.1 Å². The van der Waals surface area contributed by atoms with Gasteiger partial charge in [0, 0.05) is 4.47 Å². The quantitative estimate of drug-likeness (QED) is 0.897. The Balaban J connectivity index is 2.69. The van der Waals surface area contributed by atoms with E-state index in [1.54, 1.807) is 12.1 Å². The Hall–Kier alpha value is -0.580. The Morgan fingerprint density at radius 3 is 2.88 bits per heavy atom. The molecule has 0 aliphatic rings. The van der Waals surface area contributed by atoms with Gasteiger partial charge in [0.2, 0.25) is 5.91 Å². The van der Waals surface area contributed by atoms with Gasteiger partial charge in [-0.25, -0.2) is 0 Å². The van der Waals surface area contributed by atoms with Crippen LogP contribution in [0.5, 0.6) is 0 Å². The molecule has 0 saturated carbocycles. The predicted octanol–water partition coefficient (Wildman–Crippen LogP) is 3.17. The van der Waals surface area contributed by atoms with Crippen LogP contribution in [0.4, 0.5) is 5.69 Å². The van der Waals surface area contributed by atoms with E-state index in [1.165, 1.54) is 0 Å². The highest BCUT2D eigenvalue weighted by atomic mass is 79.9. The van der Waals surface area contributed by atoms with Gasteiger partial charge in [-0.1, -0.05) is 40.9 Å². The average molecular weight is 306 g/mol. The molecule has 3 nitrogen and oxygen atoms in total. The maximum Gasteiger partial charge on any atom is 0.241 e. The lowest BCUT2D eigenvalue weighted by Crippen LogP contribution is -2.35. The van der Waals surface area contributed by atoms with E-state index in [0.29, 0.717) is 17.1 Å². The number of rotatable bonds is 4. The first-order chi connectivity index (χ1) is 7.54. The van der Waals surface area contributed by atoms with Gasteiger partial charge in [0.25, 0.3) is 0 Å². The van der Waals surface area contributed by atoms with Crippen molar-refractivity contribution in [3.63, 3.8) is 0 Å². The summed E-state index contributed by atoms with van der Waals surface area (Å²) in [5.41, 5.74) is 6.28. The molecule has 1 aromatic carbocycles. The lowest BCUT2D eigenvalue weighted by molar-refractivity contribution is -0.117. The summed E-state index contributed by atoms with van der Waals surface area (Å²) in [4.78, 5) is 11.6. The maximum absolute atomic E-state index is 11.6. The third-order valence-corrected chi connectivity index (χ3v) is 2.93. The van der Waals surface area contributed by atoms with Crippen molar-refractivity contribution in [2.24, 2.45) is 5.73 Å². The lowest BCUT2D eigenvalue weighted by atomic mass is 10.1. The Morgan fingerprint density at radius 2 is 2.31 bits per heavy atom. The van der Waals surface area contributed by atoms with Gasteiger partial charge in [0.15, 0.2) is 0 Å². The van der Waals surface area contributed by atoms with Crippen molar-refractivity contribution in [2.45, 2.75) is 25.8 Å². The van der Waals surface area contributed by atoms with Crippen LogP contribution in [-0.2, 0) is 4.79 Å². The molecule has 0 aliphatic heterocycles. The molecular formula is C11H14BrClN2O. The van der Waals surface area contributed by atoms with Crippen molar-refractivity contribution in [3.05, 3.63) is 27.7 Å². The topological polar surface area (TPSA) is 55.1 Å². The van der Waals surface area contributed by atoms with Gasteiger partial charge >= 0.3 is 0 Å². The molecule has 0 saturated heterocycles. The fourth-order valence-electron chi connectivity index (χ4n) is 1.26. The van der Waals surface area contributed by atoms with Crippen molar-refractivity contribution in [2.75, 3.05) is 5.32 Å². The zero-order valence-corrected chi connectivity index (χ0v) is 11.3. The molecule has 88 valence electrons. The summed E-state index contributed by atoms with van der Waals surface area (Å²) < 4.78 is 0.869. The number of halogens is 2. The standard InChI is InChI=1S/C11H14BrClN2O/c1-2-3-9(14)11(16)15-10-5-4-7(12)6-8(10)13/h4-6,9H,2-3,14H2,1H3,(H,15,16)/t9-/m1/s1. The smallest absolute Gasteiger partial charge is 0.241 e. The SMILES string of the molecule is CCC[C@@H](N)C(=O)Nc1ccc(Br)cc1Cl. The Bertz CT molecular complexity index is 384. The zero-order chi connectivity index (χ0) is 12.1. The summed E-state index contributed by atoms with van der Waals surface area (Å²) in [7, 11) is 0. The molecule has 1 aromatic rings. The van der Waals surface area contributed by atoms with Crippen LogP contribution in [0.15, 0.2) is 22.7 Å². The van der Waals surface area contributed by atoms with Crippen LogP contribution in [0.2, 0.25) is 5.02 Å². The molecule has 0 heterocycles. The summed E-state index contributed by atoms with van der Waals surface area (Å²) in [6.45, 7) is 1.99. The van der Waals surface area contributed by atoms with E-state index >= 15 is 0 Å². The molecule has 0 bridgehead atoms. The molecular weight excluding hydrogens is 291 g/mol. The first-order valence-electron chi connectivity index (χ1n) is 5.06. The van der Waals surface area contributed by atoms with E-state index in [9.17, 15) is 4.79 Å². The summed E-state index contributed by atoms with van der Waals surface area (Å²) in [6.07, 6.45) is 1.54. The molecule has 0 aromatic heterocycles. The van der Waals surface area contributed by atoms with Crippen molar-refractivity contribution in [1.82, 2.24) is 0 Å². The molecule has 16 heavy (non-hydrogen) atoms. The van der Waals surface area contributed by atoms with Gasteiger partial charge in [-0.3, -0.25) is 4.79 Å². The van der Waals surface area contributed by atoms with Crippen LogP contribution < -0.4 is 11.1 Å². The molecule has 0 fully saturated rings. The number of hydrogen-bond donors (Lipinski definition) is 2. The Labute approximate surface area is 108 Å². The maximum atomic E-state index is 11.6. The van der Waals surface area contributed by atoms with E-state index in [1.807, 2.05) is 13.0 Å². The number of hydrogen-bond acceptors (Lipinski definition) is 2.